The molecule has 1 saturated heterocycles. The van der Waals surface area contributed by atoms with Crippen molar-refractivity contribution in [2.24, 2.45) is 0 Å². The molecule has 6 heteroatoms. The molecule has 1 aromatic heterocycles. The van der Waals surface area contributed by atoms with Crippen molar-refractivity contribution in [2.45, 2.75) is 45.7 Å². The lowest BCUT2D eigenvalue weighted by atomic mass is 9.84. The van der Waals surface area contributed by atoms with Crippen molar-refractivity contribution in [1.82, 2.24) is 4.90 Å². The van der Waals surface area contributed by atoms with Crippen LogP contribution < -0.4 is 0 Å². The molecule has 2 heterocycles. The molecule has 0 bridgehead atoms. The SMILES string of the molecule is Cc1ccc(C(C)(C)C)cc1/C(O)=C1\C(=O)C(=O)N(Cc2ccco2)C1c1ccc(F)cc1. The summed E-state index contributed by atoms with van der Waals surface area (Å²) in [4.78, 5) is 27.6. The number of Topliss-reactive ketones (excluding diaryl/α,β-unsaturated/α-hetero) is 1. The van der Waals surface area contributed by atoms with E-state index in [2.05, 4.69) is 20.8 Å². The summed E-state index contributed by atoms with van der Waals surface area (Å²) in [6.45, 7) is 8.05. The van der Waals surface area contributed by atoms with Crippen molar-refractivity contribution in [1.29, 1.82) is 0 Å². The van der Waals surface area contributed by atoms with E-state index in [1.165, 1.54) is 35.4 Å². The van der Waals surface area contributed by atoms with Crippen LogP contribution in [0, 0.1) is 12.7 Å². The Morgan fingerprint density at radius 2 is 1.79 bits per heavy atom. The molecule has 1 atom stereocenters. The van der Waals surface area contributed by atoms with Gasteiger partial charge in [0.05, 0.1) is 24.4 Å². The van der Waals surface area contributed by atoms with Gasteiger partial charge in [0.25, 0.3) is 11.7 Å². The predicted octanol–water partition coefficient (Wildman–Crippen LogP) is 5.65. The zero-order chi connectivity index (χ0) is 23.9. The number of carbonyl (C=O) groups excluding carboxylic acids is 2. The third-order valence-electron chi connectivity index (χ3n) is 5.99. The van der Waals surface area contributed by atoms with Gasteiger partial charge in [-0.2, -0.15) is 0 Å². The number of carbonyl (C=O) groups is 2. The Bertz CT molecular complexity index is 1230. The number of nitrogens with zero attached hydrogens (tertiary/aromatic N) is 1. The number of aliphatic hydroxyl groups is 1. The molecule has 0 saturated carbocycles. The minimum absolute atomic E-state index is 0.0210. The summed E-state index contributed by atoms with van der Waals surface area (Å²) >= 11 is 0. The summed E-state index contributed by atoms with van der Waals surface area (Å²) in [7, 11) is 0. The Balaban J connectivity index is 1.91. The minimum Gasteiger partial charge on any atom is -0.507 e. The number of furan rings is 1. The summed E-state index contributed by atoms with van der Waals surface area (Å²) in [5.74, 6) is -1.71. The minimum atomic E-state index is -0.881. The number of rotatable bonds is 4. The van der Waals surface area contributed by atoms with Gasteiger partial charge in [-0.3, -0.25) is 9.59 Å². The van der Waals surface area contributed by atoms with Crippen LogP contribution in [0.15, 0.2) is 70.9 Å². The van der Waals surface area contributed by atoms with Crippen LogP contribution >= 0.6 is 0 Å². The normalized spacial score (nSPS) is 18.2. The first-order valence-corrected chi connectivity index (χ1v) is 10.8. The highest BCUT2D eigenvalue weighted by molar-refractivity contribution is 6.46. The lowest BCUT2D eigenvalue weighted by Crippen LogP contribution is -2.29. The molecular weight excluding hydrogens is 421 g/mol. The maximum atomic E-state index is 13.6. The fourth-order valence-corrected chi connectivity index (χ4v) is 4.09. The van der Waals surface area contributed by atoms with E-state index in [1.807, 2.05) is 25.1 Å². The fourth-order valence-electron chi connectivity index (χ4n) is 4.09. The zero-order valence-corrected chi connectivity index (χ0v) is 19.1. The van der Waals surface area contributed by atoms with Crippen LogP contribution in [0.2, 0.25) is 0 Å². The van der Waals surface area contributed by atoms with Crippen molar-refractivity contribution in [3.05, 3.63) is 100 Å². The van der Waals surface area contributed by atoms with Gasteiger partial charge in [-0.05, 0) is 59.4 Å². The quantitative estimate of drug-likeness (QED) is 0.319. The molecule has 170 valence electrons. The summed E-state index contributed by atoms with van der Waals surface area (Å²) in [5.41, 5.74) is 2.57. The highest BCUT2D eigenvalue weighted by atomic mass is 19.1. The number of aryl methyl sites for hydroxylation is 1. The smallest absolute Gasteiger partial charge is 0.296 e. The number of halogens is 1. The van der Waals surface area contributed by atoms with Gasteiger partial charge in [-0.25, -0.2) is 4.39 Å². The van der Waals surface area contributed by atoms with Gasteiger partial charge >= 0.3 is 0 Å². The van der Waals surface area contributed by atoms with Crippen LogP contribution in [0.3, 0.4) is 0 Å². The van der Waals surface area contributed by atoms with Gasteiger partial charge in [0, 0.05) is 5.56 Å². The maximum absolute atomic E-state index is 13.6. The molecule has 0 aliphatic carbocycles. The second-order valence-corrected chi connectivity index (χ2v) is 9.34. The number of hydrogen-bond acceptors (Lipinski definition) is 4. The molecular formula is C27H26FNO4. The Kier molecular flexibility index (Phi) is 5.70. The van der Waals surface area contributed by atoms with E-state index in [0.717, 1.165) is 11.1 Å². The van der Waals surface area contributed by atoms with Gasteiger partial charge in [-0.1, -0.05) is 45.0 Å². The summed E-state index contributed by atoms with van der Waals surface area (Å²) in [5, 5.41) is 11.4. The van der Waals surface area contributed by atoms with E-state index in [4.69, 9.17) is 4.42 Å². The van der Waals surface area contributed by atoms with Gasteiger partial charge < -0.3 is 14.4 Å². The van der Waals surface area contributed by atoms with Gasteiger partial charge in [0.1, 0.15) is 17.3 Å². The third-order valence-corrected chi connectivity index (χ3v) is 5.99. The number of likely N-dealkylation sites (tertiary alicyclic amines) is 1. The Morgan fingerprint density at radius 1 is 1.09 bits per heavy atom. The number of hydrogen-bond donors (Lipinski definition) is 1. The lowest BCUT2D eigenvalue weighted by molar-refractivity contribution is -0.140. The Labute approximate surface area is 192 Å². The number of benzene rings is 2. The standard InChI is InChI=1S/C27H26FNO4/c1-16-7-10-18(27(2,3)4)14-21(16)24(30)22-23(17-8-11-19(28)12-9-17)29(26(32)25(22)31)15-20-6-5-13-33-20/h5-14,23,30H,15H2,1-4H3/b24-22+. The lowest BCUT2D eigenvalue weighted by Gasteiger charge is -2.25. The maximum Gasteiger partial charge on any atom is 0.296 e. The van der Waals surface area contributed by atoms with Crippen LogP contribution in [0.4, 0.5) is 4.39 Å². The Hall–Kier alpha value is -3.67. The van der Waals surface area contributed by atoms with E-state index in [0.29, 0.717) is 16.9 Å². The van der Waals surface area contributed by atoms with E-state index in [9.17, 15) is 19.1 Å². The fraction of sp³-hybridized carbons (Fsp3) is 0.259. The largest absolute Gasteiger partial charge is 0.507 e. The van der Waals surface area contributed by atoms with E-state index >= 15 is 0 Å². The highest BCUT2D eigenvalue weighted by Crippen LogP contribution is 2.41. The van der Waals surface area contributed by atoms with E-state index < -0.39 is 23.5 Å². The molecule has 1 N–H and O–H groups in total. The van der Waals surface area contributed by atoms with Crippen LogP contribution in [0.25, 0.3) is 5.76 Å². The molecule has 0 radical (unpaired) electrons. The molecule has 1 amide bonds. The van der Waals surface area contributed by atoms with Crippen LogP contribution in [-0.4, -0.2) is 21.7 Å². The molecule has 4 rings (SSSR count). The first-order chi connectivity index (χ1) is 15.6. The zero-order valence-electron chi connectivity index (χ0n) is 19.1. The van der Waals surface area contributed by atoms with Crippen molar-refractivity contribution < 1.29 is 23.5 Å². The van der Waals surface area contributed by atoms with Gasteiger partial charge in [0.15, 0.2) is 0 Å². The molecule has 33 heavy (non-hydrogen) atoms. The molecule has 2 aromatic carbocycles. The van der Waals surface area contributed by atoms with Gasteiger partial charge in [0.2, 0.25) is 0 Å². The molecule has 1 aliphatic rings. The first kappa shape index (κ1) is 22.5. The van der Waals surface area contributed by atoms with Crippen molar-refractivity contribution in [2.75, 3.05) is 0 Å². The van der Waals surface area contributed by atoms with Gasteiger partial charge in [-0.15, -0.1) is 0 Å². The predicted molar refractivity (Wildman–Crippen MR) is 123 cm³/mol. The molecule has 5 nitrogen and oxygen atoms in total. The summed E-state index contributed by atoms with van der Waals surface area (Å²) < 4.78 is 19.0. The third kappa shape index (κ3) is 4.21. The Morgan fingerprint density at radius 3 is 2.39 bits per heavy atom. The van der Waals surface area contributed by atoms with E-state index in [1.54, 1.807) is 12.1 Å². The van der Waals surface area contributed by atoms with Crippen LogP contribution in [-0.2, 0) is 21.5 Å². The number of aliphatic hydroxyl groups excluding tert-OH is 1. The van der Waals surface area contributed by atoms with Crippen molar-refractivity contribution in [3.63, 3.8) is 0 Å². The van der Waals surface area contributed by atoms with Crippen LogP contribution in [0.1, 0.15) is 54.8 Å². The molecule has 1 unspecified atom stereocenters. The topological polar surface area (TPSA) is 70.8 Å². The number of amides is 1. The molecule has 1 aliphatic heterocycles. The molecule has 3 aromatic rings. The number of ketones is 1. The highest BCUT2D eigenvalue weighted by Gasteiger charge is 2.46. The average Bonchev–Trinajstić information content (AvgIpc) is 3.36. The molecule has 1 fully saturated rings. The molecule has 0 spiro atoms. The van der Waals surface area contributed by atoms with E-state index in [-0.39, 0.29) is 23.3 Å². The monoisotopic (exact) mass is 447 g/mol. The van der Waals surface area contributed by atoms with Crippen molar-refractivity contribution in [3.8, 4) is 0 Å². The second kappa shape index (κ2) is 8.35. The average molecular weight is 448 g/mol. The summed E-state index contributed by atoms with van der Waals surface area (Å²) in [6.07, 6.45) is 1.49. The summed E-state index contributed by atoms with van der Waals surface area (Å²) in [6, 6.07) is 13.8. The van der Waals surface area contributed by atoms with Crippen LogP contribution in [0.5, 0.6) is 0 Å². The first-order valence-electron chi connectivity index (χ1n) is 10.8. The van der Waals surface area contributed by atoms with Crippen molar-refractivity contribution >= 4 is 17.4 Å². The second-order valence-electron chi connectivity index (χ2n) is 9.34.